The topological polar surface area (TPSA) is 239 Å². The summed E-state index contributed by atoms with van der Waals surface area (Å²) in [7, 11) is -14.3. The fourth-order valence-corrected chi connectivity index (χ4v) is 5.20. The highest BCUT2D eigenvalue weighted by Gasteiger charge is 2.20. The fourth-order valence-electron chi connectivity index (χ4n) is 3.59. The van der Waals surface area contributed by atoms with Crippen LogP contribution in [-0.2, 0) is 30.4 Å². The Labute approximate surface area is 228 Å². The molecule has 0 fully saturated rings. The molecule has 14 nitrogen and oxygen atoms in total. The number of aryl methyl sites for hydroxylation is 1. The van der Waals surface area contributed by atoms with E-state index in [-0.39, 0.29) is 16.8 Å². The van der Waals surface area contributed by atoms with Gasteiger partial charge in [0.05, 0.1) is 26.9 Å². The highest BCUT2D eigenvalue weighted by molar-refractivity contribution is 7.86. The molecule has 4 aromatic rings. The lowest BCUT2D eigenvalue weighted by Gasteiger charge is -2.08. The molecular weight excluding hydrogens is 586 g/mol. The number of anilines is 1. The maximum Gasteiger partial charge on any atom is 0.296 e. The van der Waals surface area contributed by atoms with Crippen LogP contribution in [0.15, 0.2) is 102 Å². The molecule has 5 N–H and O–H groups in total. The van der Waals surface area contributed by atoms with E-state index in [1.54, 1.807) is 25.1 Å². The van der Waals surface area contributed by atoms with E-state index in [2.05, 4.69) is 20.5 Å². The second kappa shape index (κ2) is 10.5. The van der Waals surface area contributed by atoms with Gasteiger partial charge in [0.15, 0.2) is 0 Å². The maximum atomic E-state index is 11.8. The summed E-state index contributed by atoms with van der Waals surface area (Å²) >= 11 is 0. The monoisotopic (exact) mass is 605 g/mol. The number of hydrogen-bond donors (Lipinski definition) is 4. The summed E-state index contributed by atoms with van der Waals surface area (Å²) in [6, 6.07) is 13.5. The molecule has 0 radical (unpaired) electrons. The van der Waals surface area contributed by atoms with Crippen LogP contribution in [0.2, 0.25) is 0 Å². The number of benzene rings is 4. The molecule has 0 saturated heterocycles. The van der Waals surface area contributed by atoms with Gasteiger partial charge in [-0.25, -0.2) is 0 Å². The van der Waals surface area contributed by atoms with Gasteiger partial charge in [0.2, 0.25) is 0 Å². The van der Waals surface area contributed by atoms with Crippen molar-refractivity contribution in [3.63, 3.8) is 0 Å². The van der Waals surface area contributed by atoms with Gasteiger partial charge in [0, 0.05) is 16.5 Å². The quantitative estimate of drug-likeness (QED) is 0.120. The molecule has 0 atom stereocenters. The number of azo groups is 2. The summed E-state index contributed by atoms with van der Waals surface area (Å²) in [5, 5.41) is 16.5. The van der Waals surface area contributed by atoms with E-state index >= 15 is 0 Å². The molecule has 0 spiro atoms. The van der Waals surface area contributed by atoms with Crippen LogP contribution in [0.4, 0.5) is 28.4 Å². The molecule has 0 heterocycles. The Hall–Kier alpha value is -4.13. The van der Waals surface area contributed by atoms with Crippen molar-refractivity contribution in [3.8, 4) is 0 Å². The van der Waals surface area contributed by atoms with Gasteiger partial charge in [-0.15, -0.1) is 15.3 Å². The Bertz CT molecular complexity index is 2060. The minimum absolute atomic E-state index is 0.0540. The fraction of sp³-hybridized carbons (Fsp3) is 0.0435. The number of nitrogens with two attached hydrogens (primary N) is 1. The van der Waals surface area contributed by atoms with E-state index in [0.29, 0.717) is 28.9 Å². The number of nitrogen functional groups attached to an aromatic ring is 1. The van der Waals surface area contributed by atoms with Gasteiger partial charge < -0.3 is 5.73 Å². The van der Waals surface area contributed by atoms with E-state index in [1.165, 1.54) is 18.2 Å². The molecule has 0 aromatic heterocycles. The molecular formula is C23H19N5O9S3. The Morgan fingerprint density at radius 2 is 1.05 bits per heavy atom. The van der Waals surface area contributed by atoms with Gasteiger partial charge >= 0.3 is 0 Å². The molecule has 0 bridgehead atoms. The standard InChI is InChI=1S/C23H19N5O9S3/c1-13-10-14(24)2-6-19(13)25-26-20-7-8-21(18-11-15(38(29,30)31)3-5-17(18)20)27-28-22-12-16(39(32,33)34)4-9-23(22)40(35,36)37/h2-12H,24H2,1H3,(H,29,30,31)(H,32,33,34)(H,35,36,37). The summed E-state index contributed by atoms with van der Waals surface area (Å²) in [4.78, 5) is -2.02. The zero-order valence-corrected chi connectivity index (χ0v) is 22.7. The summed E-state index contributed by atoms with van der Waals surface area (Å²) in [6.07, 6.45) is 0. The zero-order valence-electron chi connectivity index (χ0n) is 20.2. The van der Waals surface area contributed by atoms with Gasteiger partial charge in [-0.3, -0.25) is 13.7 Å². The number of hydrogen-bond acceptors (Lipinski definition) is 11. The van der Waals surface area contributed by atoms with E-state index in [4.69, 9.17) is 5.73 Å². The molecule has 0 aliphatic rings. The second-order valence-electron chi connectivity index (χ2n) is 8.31. The first-order valence-corrected chi connectivity index (χ1v) is 15.2. The predicted molar refractivity (Wildman–Crippen MR) is 144 cm³/mol. The van der Waals surface area contributed by atoms with Gasteiger partial charge in [0.1, 0.15) is 10.6 Å². The largest absolute Gasteiger partial charge is 0.399 e. The lowest BCUT2D eigenvalue weighted by Crippen LogP contribution is -2.02. The van der Waals surface area contributed by atoms with Crippen molar-refractivity contribution in [1.82, 2.24) is 0 Å². The number of rotatable bonds is 7. The van der Waals surface area contributed by atoms with Gasteiger partial charge in [0.25, 0.3) is 30.4 Å². The van der Waals surface area contributed by atoms with Crippen molar-refractivity contribution in [2.24, 2.45) is 20.5 Å². The first kappa shape index (κ1) is 28.9. The van der Waals surface area contributed by atoms with Crippen LogP contribution in [0.3, 0.4) is 0 Å². The summed E-state index contributed by atoms with van der Waals surface area (Å²) < 4.78 is 98.6. The van der Waals surface area contributed by atoms with Gasteiger partial charge in [-0.2, -0.15) is 30.4 Å². The molecule has 208 valence electrons. The first-order valence-electron chi connectivity index (χ1n) is 10.9. The maximum absolute atomic E-state index is 11.8. The number of fused-ring (bicyclic) bond motifs is 1. The van der Waals surface area contributed by atoms with Crippen LogP contribution >= 0.6 is 0 Å². The van der Waals surface area contributed by atoms with Crippen molar-refractivity contribution in [1.29, 1.82) is 0 Å². The van der Waals surface area contributed by atoms with E-state index in [9.17, 15) is 38.9 Å². The number of nitrogens with zero attached hydrogens (tertiary/aromatic N) is 4. The van der Waals surface area contributed by atoms with Crippen molar-refractivity contribution >= 4 is 69.6 Å². The Morgan fingerprint density at radius 1 is 0.550 bits per heavy atom. The molecule has 40 heavy (non-hydrogen) atoms. The summed E-state index contributed by atoms with van der Waals surface area (Å²) in [6.45, 7) is 1.78. The highest BCUT2D eigenvalue weighted by Crippen LogP contribution is 2.38. The van der Waals surface area contributed by atoms with Crippen LogP contribution in [0.5, 0.6) is 0 Å². The van der Waals surface area contributed by atoms with Crippen molar-refractivity contribution in [2.75, 3.05) is 5.73 Å². The SMILES string of the molecule is Cc1cc(N)ccc1N=Nc1ccc(N=Nc2cc(S(=O)(=O)O)ccc2S(=O)(=O)O)c2cc(S(=O)(=O)O)ccc12. The molecule has 17 heteroatoms. The van der Waals surface area contributed by atoms with Crippen LogP contribution in [-0.4, -0.2) is 38.9 Å². The van der Waals surface area contributed by atoms with Crippen LogP contribution < -0.4 is 5.73 Å². The van der Waals surface area contributed by atoms with E-state index < -0.39 is 50.7 Å². The minimum Gasteiger partial charge on any atom is -0.399 e. The van der Waals surface area contributed by atoms with E-state index in [1.807, 2.05) is 0 Å². The van der Waals surface area contributed by atoms with Crippen molar-refractivity contribution < 1.29 is 38.9 Å². The first-order chi connectivity index (χ1) is 18.5. The van der Waals surface area contributed by atoms with Crippen LogP contribution in [0, 0.1) is 6.92 Å². The minimum atomic E-state index is -4.89. The second-order valence-corrected chi connectivity index (χ2v) is 12.5. The molecule has 0 unspecified atom stereocenters. The average Bonchev–Trinajstić information content (AvgIpc) is 2.85. The van der Waals surface area contributed by atoms with E-state index in [0.717, 1.165) is 23.8 Å². The lowest BCUT2D eigenvalue weighted by molar-refractivity contribution is 0.478. The third kappa shape index (κ3) is 6.36. The summed E-state index contributed by atoms with van der Waals surface area (Å²) in [5.74, 6) is 0. The summed E-state index contributed by atoms with van der Waals surface area (Å²) in [5.41, 5.74) is 7.12. The molecule has 0 amide bonds. The Morgan fingerprint density at radius 3 is 1.62 bits per heavy atom. The smallest absolute Gasteiger partial charge is 0.296 e. The lowest BCUT2D eigenvalue weighted by atomic mass is 10.1. The average molecular weight is 606 g/mol. The molecule has 0 saturated carbocycles. The molecule has 4 rings (SSSR count). The van der Waals surface area contributed by atoms with Gasteiger partial charge in [-0.1, -0.05) is 6.07 Å². The molecule has 4 aromatic carbocycles. The molecule has 0 aliphatic carbocycles. The highest BCUT2D eigenvalue weighted by atomic mass is 32.2. The normalized spacial score (nSPS) is 13.0. The zero-order chi connectivity index (χ0) is 29.5. The van der Waals surface area contributed by atoms with Crippen molar-refractivity contribution in [2.45, 2.75) is 21.6 Å². The van der Waals surface area contributed by atoms with Crippen molar-refractivity contribution in [3.05, 3.63) is 72.3 Å². The van der Waals surface area contributed by atoms with Gasteiger partial charge in [-0.05, 0) is 73.2 Å². The van der Waals surface area contributed by atoms with Crippen LogP contribution in [0.25, 0.3) is 10.8 Å². The Balaban J connectivity index is 1.90. The third-order valence-electron chi connectivity index (χ3n) is 5.50. The predicted octanol–water partition coefficient (Wildman–Crippen LogP) is 5.30. The van der Waals surface area contributed by atoms with Crippen LogP contribution in [0.1, 0.15) is 5.56 Å². The Kier molecular flexibility index (Phi) is 7.54. The molecule has 0 aliphatic heterocycles. The third-order valence-corrected chi connectivity index (χ3v) is 8.10.